The molecule has 1 fully saturated rings. The predicted octanol–water partition coefficient (Wildman–Crippen LogP) is 1.82. The highest BCUT2D eigenvalue weighted by atomic mass is 16.5. The van der Waals surface area contributed by atoms with Gasteiger partial charge in [-0.15, -0.1) is 0 Å². The summed E-state index contributed by atoms with van der Waals surface area (Å²) in [7, 11) is 0. The van der Waals surface area contributed by atoms with Crippen molar-refractivity contribution in [1.82, 2.24) is 9.55 Å². The van der Waals surface area contributed by atoms with Crippen molar-refractivity contribution in [1.29, 1.82) is 0 Å². The number of nitrogens with zero attached hydrogens (tertiary/aromatic N) is 2. The van der Waals surface area contributed by atoms with E-state index in [4.69, 9.17) is 4.74 Å². The minimum absolute atomic E-state index is 0.0551. The Hall–Kier alpha value is -1.68. The Morgan fingerprint density at radius 3 is 3.22 bits per heavy atom. The molecule has 1 unspecified atom stereocenters. The van der Waals surface area contributed by atoms with Gasteiger partial charge in [-0.3, -0.25) is 9.78 Å². The maximum absolute atomic E-state index is 12.2. The fourth-order valence-corrected chi connectivity index (χ4v) is 2.42. The van der Waals surface area contributed by atoms with E-state index < -0.39 is 0 Å². The minimum Gasteiger partial charge on any atom is -0.381 e. The average Bonchev–Trinajstić information content (AvgIpc) is 2.91. The van der Waals surface area contributed by atoms with Crippen molar-refractivity contribution in [3.8, 4) is 0 Å². The van der Waals surface area contributed by atoms with Crippen LogP contribution in [0.1, 0.15) is 12.8 Å². The zero-order valence-corrected chi connectivity index (χ0v) is 10.2. The van der Waals surface area contributed by atoms with Gasteiger partial charge in [-0.05, 0) is 37.0 Å². The van der Waals surface area contributed by atoms with E-state index in [1.54, 1.807) is 16.8 Å². The Balaban J connectivity index is 1.83. The van der Waals surface area contributed by atoms with Gasteiger partial charge in [0.2, 0.25) is 0 Å². The van der Waals surface area contributed by atoms with Crippen molar-refractivity contribution >= 4 is 10.9 Å². The SMILES string of the molecule is O=c1c2cccnc2ccn1CCC1CCOC1. The second-order valence-corrected chi connectivity index (χ2v) is 4.77. The number of ether oxygens (including phenoxy) is 1. The van der Waals surface area contributed by atoms with E-state index in [0.717, 1.165) is 38.1 Å². The molecule has 2 aromatic heterocycles. The number of hydrogen-bond donors (Lipinski definition) is 0. The molecule has 0 bridgehead atoms. The zero-order valence-electron chi connectivity index (χ0n) is 10.2. The molecule has 2 aromatic rings. The molecule has 3 rings (SSSR count). The largest absolute Gasteiger partial charge is 0.381 e. The molecule has 3 heterocycles. The van der Waals surface area contributed by atoms with Crippen molar-refractivity contribution in [2.45, 2.75) is 19.4 Å². The summed E-state index contributed by atoms with van der Waals surface area (Å²) in [6.07, 6.45) is 5.67. The molecule has 4 heteroatoms. The molecule has 0 N–H and O–H groups in total. The monoisotopic (exact) mass is 244 g/mol. The van der Waals surface area contributed by atoms with Crippen LogP contribution in [0, 0.1) is 5.92 Å². The second-order valence-electron chi connectivity index (χ2n) is 4.77. The third-order valence-corrected chi connectivity index (χ3v) is 3.54. The Bertz CT molecular complexity index is 600. The Labute approximate surface area is 105 Å². The molecule has 94 valence electrons. The summed E-state index contributed by atoms with van der Waals surface area (Å²) in [5.74, 6) is 0.599. The van der Waals surface area contributed by atoms with Gasteiger partial charge >= 0.3 is 0 Å². The second kappa shape index (κ2) is 4.90. The average molecular weight is 244 g/mol. The molecule has 1 saturated heterocycles. The van der Waals surface area contributed by atoms with Crippen LogP contribution in [0.15, 0.2) is 35.4 Å². The number of hydrogen-bond acceptors (Lipinski definition) is 3. The summed E-state index contributed by atoms with van der Waals surface area (Å²) in [5.41, 5.74) is 0.822. The smallest absolute Gasteiger partial charge is 0.259 e. The van der Waals surface area contributed by atoms with Gasteiger partial charge in [0.15, 0.2) is 0 Å². The van der Waals surface area contributed by atoms with E-state index in [-0.39, 0.29) is 5.56 Å². The van der Waals surface area contributed by atoms with Crippen LogP contribution in [0.5, 0.6) is 0 Å². The van der Waals surface area contributed by atoms with Crippen LogP contribution in [-0.2, 0) is 11.3 Å². The molecular formula is C14H16N2O2. The molecule has 4 nitrogen and oxygen atoms in total. The fourth-order valence-electron chi connectivity index (χ4n) is 2.42. The molecule has 0 amide bonds. The highest BCUT2D eigenvalue weighted by Crippen LogP contribution is 2.16. The summed E-state index contributed by atoms with van der Waals surface area (Å²) in [6, 6.07) is 5.54. The quantitative estimate of drug-likeness (QED) is 0.827. The van der Waals surface area contributed by atoms with Crippen LogP contribution in [0.3, 0.4) is 0 Å². The first-order valence-electron chi connectivity index (χ1n) is 6.36. The Morgan fingerprint density at radius 2 is 2.39 bits per heavy atom. The lowest BCUT2D eigenvalue weighted by Crippen LogP contribution is -2.21. The predicted molar refractivity (Wildman–Crippen MR) is 69.5 cm³/mol. The van der Waals surface area contributed by atoms with Gasteiger partial charge in [0.1, 0.15) is 0 Å². The highest BCUT2D eigenvalue weighted by Gasteiger charge is 2.15. The van der Waals surface area contributed by atoms with Crippen LogP contribution < -0.4 is 5.56 Å². The molecule has 0 saturated carbocycles. The van der Waals surface area contributed by atoms with Crippen molar-refractivity contribution in [2.75, 3.05) is 13.2 Å². The van der Waals surface area contributed by atoms with Gasteiger partial charge in [0, 0.05) is 32.2 Å². The first-order valence-corrected chi connectivity index (χ1v) is 6.36. The maximum atomic E-state index is 12.2. The first-order chi connectivity index (χ1) is 8.84. The molecular weight excluding hydrogens is 228 g/mol. The number of fused-ring (bicyclic) bond motifs is 1. The van der Waals surface area contributed by atoms with E-state index in [9.17, 15) is 4.79 Å². The van der Waals surface area contributed by atoms with Gasteiger partial charge < -0.3 is 9.30 Å². The topological polar surface area (TPSA) is 44.1 Å². The molecule has 0 radical (unpaired) electrons. The normalized spacial score (nSPS) is 19.4. The number of aromatic nitrogens is 2. The van der Waals surface area contributed by atoms with Crippen LogP contribution in [-0.4, -0.2) is 22.8 Å². The van der Waals surface area contributed by atoms with Crippen molar-refractivity contribution < 1.29 is 4.74 Å². The fraction of sp³-hybridized carbons (Fsp3) is 0.429. The van der Waals surface area contributed by atoms with Crippen LogP contribution in [0.2, 0.25) is 0 Å². The third kappa shape index (κ3) is 2.16. The number of rotatable bonds is 3. The summed E-state index contributed by atoms with van der Waals surface area (Å²) in [5, 5.41) is 0.697. The van der Waals surface area contributed by atoms with E-state index >= 15 is 0 Å². The van der Waals surface area contributed by atoms with E-state index in [2.05, 4.69) is 4.98 Å². The molecule has 1 atom stereocenters. The molecule has 0 aliphatic carbocycles. The van der Waals surface area contributed by atoms with Gasteiger partial charge in [-0.2, -0.15) is 0 Å². The van der Waals surface area contributed by atoms with Gasteiger partial charge in [-0.1, -0.05) is 0 Å². The summed E-state index contributed by atoms with van der Waals surface area (Å²) >= 11 is 0. The zero-order chi connectivity index (χ0) is 12.4. The molecule has 0 aromatic carbocycles. The van der Waals surface area contributed by atoms with Gasteiger partial charge in [0.05, 0.1) is 10.9 Å². The minimum atomic E-state index is 0.0551. The molecule has 18 heavy (non-hydrogen) atoms. The Morgan fingerprint density at radius 1 is 1.44 bits per heavy atom. The standard InChI is InChI=1S/C14H16N2O2/c17-14-12-2-1-6-15-13(12)4-8-16(14)7-3-11-5-9-18-10-11/h1-2,4,6,8,11H,3,5,7,9-10H2. The third-order valence-electron chi connectivity index (χ3n) is 3.54. The lowest BCUT2D eigenvalue weighted by molar-refractivity contribution is 0.183. The first kappa shape index (κ1) is 11.4. The summed E-state index contributed by atoms with van der Waals surface area (Å²) in [4.78, 5) is 16.4. The highest BCUT2D eigenvalue weighted by molar-refractivity contribution is 5.76. The van der Waals surface area contributed by atoms with Crippen LogP contribution in [0.25, 0.3) is 10.9 Å². The molecule has 0 spiro atoms. The Kier molecular flexibility index (Phi) is 3.11. The van der Waals surface area contributed by atoms with Gasteiger partial charge in [0.25, 0.3) is 5.56 Å². The lowest BCUT2D eigenvalue weighted by Gasteiger charge is -2.10. The van der Waals surface area contributed by atoms with Crippen molar-refractivity contribution in [3.63, 3.8) is 0 Å². The van der Waals surface area contributed by atoms with Crippen molar-refractivity contribution in [3.05, 3.63) is 40.9 Å². The van der Waals surface area contributed by atoms with Gasteiger partial charge in [-0.25, -0.2) is 0 Å². The summed E-state index contributed by atoms with van der Waals surface area (Å²) in [6.45, 7) is 2.46. The van der Waals surface area contributed by atoms with E-state index in [0.29, 0.717) is 11.3 Å². The van der Waals surface area contributed by atoms with Crippen molar-refractivity contribution in [2.24, 2.45) is 5.92 Å². The van der Waals surface area contributed by atoms with Crippen LogP contribution in [0.4, 0.5) is 0 Å². The van der Waals surface area contributed by atoms with E-state index in [1.807, 2.05) is 18.3 Å². The number of aryl methyl sites for hydroxylation is 1. The maximum Gasteiger partial charge on any atom is 0.259 e. The number of pyridine rings is 2. The van der Waals surface area contributed by atoms with E-state index in [1.165, 1.54) is 0 Å². The van der Waals surface area contributed by atoms with Crippen LogP contribution >= 0.6 is 0 Å². The molecule has 1 aliphatic rings. The lowest BCUT2D eigenvalue weighted by atomic mass is 10.1. The molecule has 1 aliphatic heterocycles. The summed E-state index contributed by atoms with van der Waals surface area (Å²) < 4.78 is 7.13.